The fraction of sp³-hybridized carbons (Fsp3) is 0.462. The summed E-state index contributed by atoms with van der Waals surface area (Å²) in [6, 6.07) is 13.6. The summed E-state index contributed by atoms with van der Waals surface area (Å²) in [4.78, 5) is 27.7. The van der Waals surface area contributed by atoms with Crippen molar-refractivity contribution in [2.75, 3.05) is 12.9 Å². The second-order valence-corrected chi connectivity index (χ2v) is 9.34. The highest BCUT2D eigenvalue weighted by Crippen LogP contribution is 2.19. The first-order valence-electron chi connectivity index (χ1n) is 11.1. The van der Waals surface area contributed by atoms with Crippen molar-refractivity contribution in [3.63, 3.8) is 0 Å². The molecule has 0 aliphatic heterocycles. The molecule has 0 fully saturated rings. The van der Waals surface area contributed by atoms with E-state index in [-0.39, 0.29) is 17.9 Å². The molecule has 5 nitrogen and oxygen atoms in total. The smallest absolute Gasteiger partial charge is 0.242 e. The highest BCUT2D eigenvalue weighted by Gasteiger charge is 2.26. The summed E-state index contributed by atoms with van der Waals surface area (Å²) in [5.41, 5.74) is 4.62. The van der Waals surface area contributed by atoms with Gasteiger partial charge in [0.15, 0.2) is 0 Å². The molecule has 0 aliphatic rings. The zero-order valence-electron chi connectivity index (χ0n) is 20.1. The number of hydrogen-bond donors (Lipinski definition) is 1. The predicted molar refractivity (Wildman–Crippen MR) is 133 cm³/mol. The van der Waals surface area contributed by atoms with Gasteiger partial charge in [-0.05, 0) is 57.4 Å². The Balaban J connectivity index is 2.10. The number of nitrogens with one attached hydrogen (secondary N) is 1. The van der Waals surface area contributed by atoms with Crippen LogP contribution < -0.4 is 10.1 Å². The Labute approximate surface area is 196 Å². The molecule has 2 amide bonds. The highest BCUT2D eigenvalue weighted by molar-refractivity contribution is 7.99. The predicted octanol–water partition coefficient (Wildman–Crippen LogP) is 4.88. The van der Waals surface area contributed by atoms with Crippen LogP contribution in [0.1, 0.15) is 49.4 Å². The van der Waals surface area contributed by atoms with E-state index in [0.29, 0.717) is 12.3 Å². The van der Waals surface area contributed by atoms with E-state index in [9.17, 15) is 9.59 Å². The first-order chi connectivity index (χ1) is 15.2. The summed E-state index contributed by atoms with van der Waals surface area (Å²) in [6.45, 7) is 10.3. The third-order valence-electron chi connectivity index (χ3n) is 5.46. The molecule has 0 spiro atoms. The van der Waals surface area contributed by atoms with Gasteiger partial charge in [-0.25, -0.2) is 0 Å². The number of methoxy groups -OCH3 is 1. The van der Waals surface area contributed by atoms with Gasteiger partial charge < -0.3 is 15.0 Å². The van der Waals surface area contributed by atoms with E-state index in [2.05, 4.69) is 37.4 Å². The van der Waals surface area contributed by atoms with Crippen molar-refractivity contribution < 1.29 is 14.3 Å². The van der Waals surface area contributed by atoms with Crippen molar-refractivity contribution in [2.45, 2.75) is 65.4 Å². The summed E-state index contributed by atoms with van der Waals surface area (Å²) in [5.74, 6) is 1.68. The molecule has 6 heteroatoms. The first kappa shape index (κ1) is 25.8. The van der Waals surface area contributed by atoms with Gasteiger partial charge in [0.25, 0.3) is 0 Å². The standard InChI is InChI=1S/C26H36N2O3S/c1-7-20(4)27-26(30)21(5)28(15-22-8-10-24(31-6)11-9-22)25(29)17-32-16-23-13-18(2)12-19(3)14-23/h8-14,20-21H,7,15-17H2,1-6H3,(H,27,30). The number of benzene rings is 2. The van der Waals surface area contributed by atoms with Crippen molar-refractivity contribution in [1.82, 2.24) is 10.2 Å². The summed E-state index contributed by atoms with van der Waals surface area (Å²) in [6.07, 6.45) is 0.844. The monoisotopic (exact) mass is 456 g/mol. The molecule has 0 saturated heterocycles. The van der Waals surface area contributed by atoms with Gasteiger partial charge in [-0.2, -0.15) is 0 Å². The van der Waals surface area contributed by atoms with Gasteiger partial charge in [0.2, 0.25) is 11.8 Å². The molecule has 0 bridgehead atoms. The molecule has 2 atom stereocenters. The Morgan fingerprint density at radius 1 is 1.03 bits per heavy atom. The Morgan fingerprint density at radius 3 is 2.22 bits per heavy atom. The first-order valence-corrected chi connectivity index (χ1v) is 12.3. The van der Waals surface area contributed by atoms with Gasteiger partial charge in [0, 0.05) is 18.3 Å². The van der Waals surface area contributed by atoms with Gasteiger partial charge in [0.05, 0.1) is 12.9 Å². The summed E-state index contributed by atoms with van der Waals surface area (Å²) in [5, 5.41) is 3.00. The van der Waals surface area contributed by atoms with E-state index < -0.39 is 6.04 Å². The SMILES string of the molecule is CCC(C)NC(=O)C(C)N(Cc1ccc(OC)cc1)C(=O)CSCc1cc(C)cc(C)c1. The molecule has 174 valence electrons. The van der Waals surface area contributed by atoms with Crippen LogP contribution in [0, 0.1) is 13.8 Å². The summed E-state index contributed by atoms with van der Waals surface area (Å²) in [7, 11) is 1.62. The molecule has 1 N–H and O–H groups in total. The molecule has 2 aromatic rings. The number of aryl methyl sites for hydroxylation is 2. The molecule has 0 saturated carbocycles. The van der Waals surface area contributed by atoms with Crippen LogP contribution in [-0.2, 0) is 21.9 Å². The van der Waals surface area contributed by atoms with Crippen LogP contribution in [-0.4, -0.2) is 41.7 Å². The van der Waals surface area contributed by atoms with E-state index in [0.717, 1.165) is 23.5 Å². The number of hydrogen-bond acceptors (Lipinski definition) is 4. The molecule has 2 unspecified atom stereocenters. The molecule has 0 heterocycles. The van der Waals surface area contributed by atoms with Crippen molar-refractivity contribution in [3.05, 3.63) is 64.7 Å². The van der Waals surface area contributed by atoms with Crippen molar-refractivity contribution in [1.29, 1.82) is 0 Å². The fourth-order valence-corrected chi connectivity index (χ4v) is 4.31. The zero-order valence-corrected chi connectivity index (χ0v) is 20.9. The average molecular weight is 457 g/mol. The van der Waals surface area contributed by atoms with Crippen LogP contribution in [0.15, 0.2) is 42.5 Å². The third kappa shape index (κ3) is 7.90. The topological polar surface area (TPSA) is 58.6 Å². The molecule has 2 rings (SSSR count). The molecule has 0 aliphatic carbocycles. The summed E-state index contributed by atoms with van der Waals surface area (Å²) < 4.78 is 5.23. The number of thioether (sulfide) groups is 1. The molecular weight excluding hydrogens is 420 g/mol. The molecule has 2 aromatic carbocycles. The lowest BCUT2D eigenvalue weighted by molar-refractivity contribution is -0.138. The van der Waals surface area contributed by atoms with Gasteiger partial charge >= 0.3 is 0 Å². The fourth-order valence-electron chi connectivity index (χ4n) is 3.47. The van der Waals surface area contributed by atoms with E-state index in [1.165, 1.54) is 16.7 Å². The Bertz CT molecular complexity index is 878. The number of nitrogens with zero attached hydrogens (tertiary/aromatic N) is 1. The molecular formula is C26H36N2O3S. The number of amides is 2. The minimum Gasteiger partial charge on any atom is -0.497 e. The van der Waals surface area contributed by atoms with E-state index in [1.54, 1.807) is 30.7 Å². The zero-order chi connectivity index (χ0) is 23.7. The second kappa shape index (κ2) is 12.5. The van der Waals surface area contributed by atoms with Gasteiger partial charge in [-0.15, -0.1) is 11.8 Å². The molecule has 32 heavy (non-hydrogen) atoms. The Hall–Kier alpha value is -2.47. The van der Waals surface area contributed by atoms with E-state index >= 15 is 0 Å². The number of carbonyl (C=O) groups is 2. The Morgan fingerprint density at radius 2 is 1.66 bits per heavy atom. The number of carbonyl (C=O) groups excluding carboxylic acids is 2. The maximum absolute atomic E-state index is 13.2. The average Bonchev–Trinajstić information content (AvgIpc) is 2.76. The van der Waals surface area contributed by atoms with Gasteiger partial charge in [-0.3, -0.25) is 9.59 Å². The Kier molecular flexibility index (Phi) is 10.1. The number of rotatable bonds is 11. The largest absolute Gasteiger partial charge is 0.497 e. The normalized spacial score (nSPS) is 12.7. The van der Waals surface area contributed by atoms with E-state index in [4.69, 9.17) is 4.74 Å². The second-order valence-electron chi connectivity index (χ2n) is 8.35. The van der Waals surface area contributed by atoms with Crippen LogP contribution in [0.3, 0.4) is 0 Å². The van der Waals surface area contributed by atoms with E-state index in [1.807, 2.05) is 38.1 Å². The minimum atomic E-state index is -0.555. The molecule has 0 radical (unpaired) electrons. The lowest BCUT2D eigenvalue weighted by Crippen LogP contribution is -2.50. The van der Waals surface area contributed by atoms with Crippen molar-refractivity contribution in [2.24, 2.45) is 0 Å². The van der Waals surface area contributed by atoms with Crippen LogP contribution in [0.4, 0.5) is 0 Å². The molecule has 0 aromatic heterocycles. The van der Waals surface area contributed by atoms with Crippen LogP contribution in [0.2, 0.25) is 0 Å². The van der Waals surface area contributed by atoms with Crippen LogP contribution in [0.25, 0.3) is 0 Å². The highest BCUT2D eigenvalue weighted by atomic mass is 32.2. The van der Waals surface area contributed by atoms with Crippen molar-refractivity contribution >= 4 is 23.6 Å². The van der Waals surface area contributed by atoms with Crippen LogP contribution >= 0.6 is 11.8 Å². The van der Waals surface area contributed by atoms with Crippen LogP contribution in [0.5, 0.6) is 5.75 Å². The maximum Gasteiger partial charge on any atom is 0.242 e. The summed E-state index contributed by atoms with van der Waals surface area (Å²) >= 11 is 1.58. The quantitative estimate of drug-likeness (QED) is 0.524. The minimum absolute atomic E-state index is 0.0398. The third-order valence-corrected chi connectivity index (χ3v) is 6.44. The van der Waals surface area contributed by atoms with Gasteiger partial charge in [-0.1, -0.05) is 48.4 Å². The lowest BCUT2D eigenvalue weighted by Gasteiger charge is -2.29. The van der Waals surface area contributed by atoms with Crippen molar-refractivity contribution in [3.8, 4) is 5.75 Å². The number of ether oxygens (including phenoxy) is 1. The lowest BCUT2D eigenvalue weighted by atomic mass is 10.1. The maximum atomic E-state index is 13.2. The van der Waals surface area contributed by atoms with Gasteiger partial charge in [0.1, 0.15) is 11.8 Å².